The summed E-state index contributed by atoms with van der Waals surface area (Å²) in [5.74, 6) is 0.513. The number of ether oxygens (including phenoxy) is 2. The number of hydrogen-bond acceptors (Lipinski definition) is 5. The van der Waals surface area contributed by atoms with E-state index in [2.05, 4.69) is 9.97 Å². The number of fused-ring (bicyclic) bond motifs is 1. The first-order valence-corrected chi connectivity index (χ1v) is 9.88. The molecule has 2 heterocycles. The summed E-state index contributed by atoms with van der Waals surface area (Å²) in [6.07, 6.45) is 2.60. The highest BCUT2D eigenvalue weighted by molar-refractivity contribution is 5.78. The molecule has 0 amide bonds. The van der Waals surface area contributed by atoms with Gasteiger partial charge in [-0.15, -0.1) is 0 Å². The molecule has 30 heavy (non-hydrogen) atoms. The van der Waals surface area contributed by atoms with Gasteiger partial charge in [-0.25, -0.2) is 0 Å². The maximum absolute atomic E-state index is 12.1. The van der Waals surface area contributed by atoms with Crippen LogP contribution in [0.5, 0.6) is 5.75 Å². The Labute approximate surface area is 175 Å². The quantitative estimate of drug-likeness (QED) is 0.396. The Balaban J connectivity index is 1.22. The van der Waals surface area contributed by atoms with Crippen molar-refractivity contribution in [1.29, 1.82) is 0 Å². The Bertz CT molecular complexity index is 1110. The van der Waals surface area contributed by atoms with E-state index in [0.717, 1.165) is 33.6 Å². The molecule has 0 saturated heterocycles. The van der Waals surface area contributed by atoms with Crippen LogP contribution in [0.15, 0.2) is 85.1 Å². The molecule has 4 aromatic rings. The molecule has 0 atom stereocenters. The molecular formula is C25H22N2O3. The van der Waals surface area contributed by atoms with Gasteiger partial charge in [-0.05, 0) is 42.0 Å². The first kappa shape index (κ1) is 19.6. The van der Waals surface area contributed by atoms with Gasteiger partial charge in [-0.3, -0.25) is 14.8 Å². The van der Waals surface area contributed by atoms with Crippen molar-refractivity contribution in [1.82, 2.24) is 9.97 Å². The van der Waals surface area contributed by atoms with Gasteiger partial charge in [0.25, 0.3) is 0 Å². The monoisotopic (exact) mass is 398 g/mol. The van der Waals surface area contributed by atoms with Crippen LogP contribution in [-0.2, 0) is 29.2 Å². The third-order valence-electron chi connectivity index (χ3n) is 4.68. The molecule has 150 valence electrons. The van der Waals surface area contributed by atoms with E-state index in [-0.39, 0.29) is 12.6 Å². The number of pyridine rings is 2. The molecule has 0 aliphatic rings. The van der Waals surface area contributed by atoms with Crippen LogP contribution in [-0.4, -0.2) is 15.9 Å². The standard InChI is InChI=1S/C25H22N2O3/c28-25(15-12-21-11-10-20-5-1-2-7-24(20)27-21)30-17-19-8-13-23(14-9-19)29-18-22-6-3-4-16-26-22/h1-11,13-14,16H,12,15,17-18H2. The first-order valence-electron chi connectivity index (χ1n) is 9.88. The largest absolute Gasteiger partial charge is 0.487 e. The summed E-state index contributed by atoms with van der Waals surface area (Å²) in [7, 11) is 0. The molecule has 0 aliphatic carbocycles. The van der Waals surface area contributed by atoms with Gasteiger partial charge in [0.1, 0.15) is 19.0 Å². The summed E-state index contributed by atoms with van der Waals surface area (Å²) < 4.78 is 11.1. The number of aromatic nitrogens is 2. The summed E-state index contributed by atoms with van der Waals surface area (Å²) in [6, 6.07) is 25.2. The van der Waals surface area contributed by atoms with Crippen molar-refractivity contribution in [3.63, 3.8) is 0 Å². The molecule has 0 aliphatic heterocycles. The summed E-state index contributed by atoms with van der Waals surface area (Å²) in [5, 5.41) is 1.09. The number of para-hydroxylation sites is 1. The number of benzene rings is 2. The van der Waals surface area contributed by atoms with Crippen molar-refractivity contribution in [2.75, 3.05) is 0 Å². The molecule has 0 bridgehead atoms. The minimum Gasteiger partial charge on any atom is -0.487 e. The lowest BCUT2D eigenvalue weighted by Gasteiger charge is -2.08. The first-order chi connectivity index (χ1) is 14.8. The second-order valence-electron chi connectivity index (χ2n) is 6.91. The molecule has 2 aromatic heterocycles. The lowest BCUT2D eigenvalue weighted by molar-refractivity contribution is -0.144. The van der Waals surface area contributed by atoms with Crippen LogP contribution in [0.4, 0.5) is 0 Å². The van der Waals surface area contributed by atoms with Crippen molar-refractivity contribution in [2.24, 2.45) is 0 Å². The fourth-order valence-corrected chi connectivity index (χ4v) is 3.04. The number of rotatable bonds is 8. The van der Waals surface area contributed by atoms with E-state index in [1.807, 2.05) is 78.9 Å². The number of carbonyl (C=O) groups is 1. The second kappa shape index (κ2) is 9.65. The van der Waals surface area contributed by atoms with E-state index >= 15 is 0 Å². The zero-order chi connectivity index (χ0) is 20.6. The van der Waals surface area contributed by atoms with E-state index in [4.69, 9.17) is 9.47 Å². The molecule has 0 fully saturated rings. The minimum atomic E-state index is -0.236. The van der Waals surface area contributed by atoms with Gasteiger partial charge >= 0.3 is 5.97 Å². The van der Waals surface area contributed by atoms with Crippen LogP contribution >= 0.6 is 0 Å². The Kier molecular flexibility index (Phi) is 6.30. The van der Waals surface area contributed by atoms with Gasteiger partial charge < -0.3 is 9.47 Å². The van der Waals surface area contributed by atoms with Crippen LogP contribution in [0.1, 0.15) is 23.4 Å². The molecule has 0 saturated carbocycles. The van der Waals surface area contributed by atoms with Gasteiger partial charge in [-0.1, -0.05) is 42.5 Å². The van der Waals surface area contributed by atoms with Gasteiger partial charge in [0.2, 0.25) is 0 Å². The average molecular weight is 398 g/mol. The van der Waals surface area contributed by atoms with Crippen molar-refractivity contribution < 1.29 is 14.3 Å². The molecule has 0 radical (unpaired) electrons. The minimum absolute atomic E-state index is 0.236. The van der Waals surface area contributed by atoms with Crippen LogP contribution in [0.3, 0.4) is 0 Å². The lowest BCUT2D eigenvalue weighted by atomic mass is 10.1. The Morgan fingerprint density at radius 2 is 1.63 bits per heavy atom. The van der Waals surface area contributed by atoms with Crippen molar-refractivity contribution in [2.45, 2.75) is 26.1 Å². The fourth-order valence-electron chi connectivity index (χ4n) is 3.04. The second-order valence-corrected chi connectivity index (χ2v) is 6.91. The van der Waals surface area contributed by atoms with E-state index in [1.165, 1.54) is 0 Å². The zero-order valence-electron chi connectivity index (χ0n) is 16.5. The number of carbonyl (C=O) groups excluding carboxylic acids is 1. The summed E-state index contributed by atoms with van der Waals surface area (Å²) in [4.78, 5) is 20.9. The van der Waals surface area contributed by atoms with E-state index in [0.29, 0.717) is 19.4 Å². The predicted octanol–water partition coefficient (Wildman–Crippen LogP) is 4.88. The highest BCUT2D eigenvalue weighted by atomic mass is 16.5. The third kappa shape index (κ3) is 5.41. The lowest BCUT2D eigenvalue weighted by Crippen LogP contribution is -2.06. The van der Waals surface area contributed by atoms with Gasteiger partial charge in [0.15, 0.2) is 0 Å². The van der Waals surface area contributed by atoms with E-state index < -0.39 is 0 Å². The van der Waals surface area contributed by atoms with Gasteiger partial charge in [0, 0.05) is 23.7 Å². The van der Waals surface area contributed by atoms with Crippen LogP contribution < -0.4 is 4.74 Å². The number of esters is 1. The normalized spacial score (nSPS) is 10.7. The van der Waals surface area contributed by atoms with Crippen LogP contribution in [0, 0.1) is 0 Å². The molecule has 0 unspecified atom stereocenters. The van der Waals surface area contributed by atoms with Crippen molar-refractivity contribution in [3.05, 3.63) is 102 Å². The smallest absolute Gasteiger partial charge is 0.306 e. The van der Waals surface area contributed by atoms with Crippen LogP contribution in [0.25, 0.3) is 10.9 Å². The summed E-state index contributed by atoms with van der Waals surface area (Å²) in [5.41, 5.74) is 3.61. The molecule has 2 aromatic carbocycles. The number of nitrogens with zero attached hydrogens (tertiary/aromatic N) is 2. The Morgan fingerprint density at radius 3 is 2.47 bits per heavy atom. The highest BCUT2D eigenvalue weighted by Crippen LogP contribution is 2.15. The van der Waals surface area contributed by atoms with Gasteiger partial charge in [0.05, 0.1) is 17.6 Å². The zero-order valence-corrected chi connectivity index (χ0v) is 16.5. The molecule has 4 rings (SSSR count). The molecule has 0 spiro atoms. The SMILES string of the molecule is O=C(CCc1ccc2ccccc2n1)OCc1ccc(OCc2ccccn2)cc1. The molecule has 5 heteroatoms. The molecule has 0 N–H and O–H groups in total. The van der Waals surface area contributed by atoms with Crippen molar-refractivity contribution in [3.8, 4) is 5.75 Å². The maximum atomic E-state index is 12.1. The van der Waals surface area contributed by atoms with E-state index in [1.54, 1.807) is 6.20 Å². The average Bonchev–Trinajstić information content (AvgIpc) is 2.81. The summed E-state index contributed by atoms with van der Waals surface area (Å²) in [6.45, 7) is 0.655. The maximum Gasteiger partial charge on any atom is 0.306 e. The van der Waals surface area contributed by atoms with Gasteiger partial charge in [-0.2, -0.15) is 0 Å². The molecular weight excluding hydrogens is 376 g/mol. The van der Waals surface area contributed by atoms with E-state index in [9.17, 15) is 4.79 Å². The molecule has 5 nitrogen and oxygen atoms in total. The number of hydrogen-bond donors (Lipinski definition) is 0. The third-order valence-corrected chi connectivity index (χ3v) is 4.68. The summed E-state index contributed by atoms with van der Waals surface area (Å²) >= 11 is 0. The van der Waals surface area contributed by atoms with Crippen LogP contribution in [0.2, 0.25) is 0 Å². The predicted molar refractivity (Wildman–Crippen MR) is 115 cm³/mol. The van der Waals surface area contributed by atoms with Crippen molar-refractivity contribution >= 4 is 16.9 Å². The Morgan fingerprint density at radius 1 is 0.800 bits per heavy atom. The topological polar surface area (TPSA) is 61.3 Å². The number of aryl methyl sites for hydroxylation is 1. The fraction of sp³-hybridized carbons (Fsp3) is 0.160. The highest BCUT2D eigenvalue weighted by Gasteiger charge is 2.06. The Hall–Kier alpha value is -3.73.